The smallest absolute Gasteiger partial charge is 0.247 e. The van der Waals surface area contributed by atoms with Crippen LogP contribution >= 0.6 is 15.9 Å². The predicted octanol–water partition coefficient (Wildman–Crippen LogP) is 0.184. The fraction of sp³-hybridized carbons (Fsp3) is 0.250. The number of rotatable bonds is 0. The second-order valence-electron chi connectivity index (χ2n) is 1.62. The Balaban J connectivity index is 3.22. The largest absolute Gasteiger partial charge is 0.335 e. The molecule has 0 radical (unpaired) electrons. The Morgan fingerprint density at radius 1 is 1.70 bits per heavy atom. The number of nitrogens with zero attached hydrogens (tertiary/aromatic N) is 1. The molecule has 0 unspecified atom stereocenters. The number of hydrogen-bond acceptors (Lipinski definition) is 3. The molecule has 0 fully saturated rings. The zero-order valence-corrected chi connectivity index (χ0v) is 7.53. The van der Waals surface area contributed by atoms with Gasteiger partial charge in [0.2, 0.25) is 15.0 Å². The van der Waals surface area contributed by atoms with Crippen LogP contribution in [0, 0.1) is 0 Å². The summed E-state index contributed by atoms with van der Waals surface area (Å²) in [4.78, 5) is 3.53. The van der Waals surface area contributed by atoms with Crippen LogP contribution < -0.4 is 5.32 Å². The first-order valence-electron chi connectivity index (χ1n) is 2.43. The van der Waals surface area contributed by atoms with Crippen LogP contribution in [0.5, 0.6) is 0 Å². The van der Waals surface area contributed by atoms with E-state index in [9.17, 15) is 8.42 Å². The molecule has 6 heteroatoms. The second kappa shape index (κ2) is 2.35. The van der Waals surface area contributed by atoms with Gasteiger partial charge in [0, 0.05) is 13.2 Å². The first-order chi connectivity index (χ1) is 4.59. The molecule has 0 aromatic rings. The van der Waals surface area contributed by atoms with Gasteiger partial charge in [-0.25, -0.2) is 8.42 Å². The average Bonchev–Trinajstić information content (AvgIpc) is 2.10. The van der Waals surface area contributed by atoms with Crippen LogP contribution in [0.1, 0.15) is 0 Å². The van der Waals surface area contributed by atoms with Gasteiger partial charge in [-0.05, 0) is 15.9 Å². The van der Waals surface area contributed by atoms with E-state index in [1.54, 1.807) is 0 Å². The zero-order valence-electron chi connectivity index (χ0n) is 5.13. The average molecular weight is 225 g/mol. The van der Waals surface area contributed by atoms with Crippen LogP contribution in [0.2, 0.25) is 0 Å². The van der Waals surface area contributed by atoms with Crippen molar-refractivity contribution in [3.63, 3.8) is 0 Å². The van der Waals surface area contributed by atoms with Gasteiger partial charge in [-0.2, -0.15) is 0 Å². The highest BCUT2D eigenvalue weighted by molar-refractivity contribution is 9.14. The monoisotopic (exact) mass is 224 g/mol. The van der Waals surface area contributed by atoms with Gasteiger partial charge in [0.25, 0.3) is 0 Å². The van der Waals surface area contributed by atoms with Crippen molar-refractivity contribution in [2.75, 3.05) is 7.05 Å². The van der Waals surface area contributed by atoms with Gasteiger partial charge in [0.1, 0.15) is 3.81 Å². The standard InChI is InChI=1S/C4H5BrN2O2S/c1-6-4-7-2-3(5)10(4,8)9/h2H,1H3,(H,6,7). The molecule has 0 saturated carbocycles. The van der Waals surface area contributed by atoms with E-state index in [1.165, 1.54) is 13.2 Å². The maximum atomic E-state index is 11.0. The Morgan fingerprint density at radius 2 is 2.30 bits per heavy atom. The van der Waals surface area contributed by atoms with E-state index in [-0.39, 0.29) is 8.98 Å². The number of sulfone groups is 1. The molecule has 0 aliphatic carbocycles. The minimum atomic E-state index is -3.30. The van der Waals surface area contributed by atoms with Crippen molar-refractivity contribution in [2.45, 2.75) is 0 Å². The summed E-state index contributed by atoms with van der Waals surface area (Å²) in [5.74, 6) is 0. The number of hydrogen-bond donors (Lipinski definition) is 1. The first kappa shape index (κ1) is 7.74. The lowest BCUT2D eigenvalue weighted by atomic mass is 11.0. The Bertz CT molecular complexity index is 303. The normalized spacial score (nSPS) is 26.2. The van der Waals surface area contributed by atoms with Crippen LogP contribution in [-0.2, 0) is 9.84 Å². The molecule has 1 heterocycles. The number of halogens is 1. The number of nitrogens with one attached hydrogen (secondary N) is 1. The third-order valence-electron chi connectivity index (χ3n) is 1.02. The molecule has 1 aliphatic heterocycles. The maximum absolute atomic E-state index is 11.0. The highest BCUT2D eigenvalue weighted by Crippen LogP contribution is 2.19. The molecule has 10 heavy (non-hydrogen) atoms. The lowest BCUT2D eigenvalue weighted by Crippen LogP contribution is -2.19. The molecule has 0 amide bonds. The van der Waals surface area contributed by atoms with E-state index in [2.05, 4.69) is 26.2 Å². The van der Waals surface area contributed by atoms with Gasteiger partial charge in [0.05, 0.1) is 0 Å². The summed E-state index contributed by atoms with van der Waals surface area (Å²) in [6.07, 6.45) is 1.34. The van der Waals surface area contributed by atoms with E-state index in [0.29, 0.717) is 0 Å². The molecular formula is C4H5BrN2O2S. The molecular weight excluding hydrogens is 220 g/mol. The Hall–Kier alpha value is -0.360. The Labute approximate surface area is 67.1 Å². The third kappa shape index (κ3) is 0.969. The van der Waals surface area contributed by atoms with Crippen molar-refractivity contribution < 1.29 is 8.42 Å². The topological polar surface area (TPSA) is 58.5 Å². The molecule has 56 valence electrons. The quantitative estimate of drug-likeness (QED) is 0.639. The van der Waals surface area contributed by atoms with E-state index in [4.69, 9.17) is 0 Å². The molecule has 1 N–H and O–H groups in total. The van der Waals surface area contributed by atoms with Gasteiger partial charge in [-0.1, -0.05) is 0 Å². The van der Waals surface area contributed by atoms with E-state index < -0.39 is 9.84 Å². The molecule has 0 spiro atoms. The Kier molecular flexibility index (Phi) is 1.82. The molecule has 1 aliphatic rings. The minimum absolute atomic E-state index is 0.0145. The summed E-state index contributed by atoms with van der Waals surface area (Å²) in [6.45, 7) is 0. The van der Waals surface area contributed by atoms with E-state index in [1.807, 2.05) is 0 Å². The van der Waals surface area contributed by atoms with Crippen molar-refractivity contribution >= 4 is 30.9 Å². The van der Waals surface area contributed by atoms with Gasteiger partial charge in [-0.15, -0.1) is 0 Å². The lowest BCUT2D eigenvalue weighted by molar-refractivity contribution is 0.614. The van der Waals surface area contributed by atoms with Gasteiger partial charge in [-0.3, -0.25) is 4.99 Å². The predicted molar refractivity (Wildman–Crippen MR) is 42.4 cm³/mol. The summed E-state index contributed by atoms with van der Waals surface area (Å²) in [7, 11) is -1.88. The minimum Gasteiger partial charge on any atom is -0.335 e. The summed E-state index contributed by atoms with van der Waals surface area (Å²) in [5, 5.41) is 2.48. The van der Waals surface area contributed by atoms with Crippen LogP contribution in [0.4, 0.5) is 0 Å². The van der Waals surface area contributed by atoms with E-state index >= 15 is 0 Å². The molecule has 0 aromatic heterocycles. The van der Waals surface area contributed by atoms with Crippen molar-refractivity contribution in [3.8, 4) is 0 Å². The van der Waals surface area contributed by atoms with Gasteiger partial charge in [0.15, 0.2) is 0 Å². The second-order valence-corrected chi connectivity index (χ2v) is 4.84. The summed E-state index contributed by atoms with van der Waals surface area (Å²) >= 11 is 2.87. The molecule has 0 atom stereocenters. The number of amidine groups is 1. The van der Waals surface area contributed by atoms with Crippen LogP contribution in [0.25, 0.3) is 0 Å². The van der Waals surface area contributed by atoms with Gasteiger partial charge < -0.3 is 5.32 Å². The molecule has 0 aromatic carbocycles. The summed E-state index contributed by atoms with van der Waals surface area (Å²) in [5.41, 5.74) is 0. The molecule has 0 saturated heterocycles. The third-order valence-corrected chi connectivity index (χ3v) is 3.97. The van der Waals surface area contributed by atoms with Crippen molar-refractivity contribution in [1.82, 2.24) is 5.32 Å². The SMILES string of the molecule is CN=C1NC=C(Br)S1(=O)=O. The van der Waals surface area contributed by atoms with Crippen LogP contribution in [0.3, 0.4) is 0 Å². The summed E-state index contributed by atoms with van der Waals surface area (Å²) < 4.78 is 22.2. The van der Waals surface area contributed by atoms with Crippen LogP contribution in [-0.4, -0.2) is 20.6 Å². The van der Waals surface area contributed by atoms with Crippen LogP contribution in [0.15, 0.2) is 15.0 Å². The molecule has 1 rings (SSSR count). The zero-order chi connectivity index (χ0) is 7.78. The fourth-order valence-corrected chi connectivity index (χ4v) is 1.98. The molecule has 4 nitrogen and oxygen atoms in total. The van der Waals surface area contributed by atoms with Crippen molar-refractivity contribution in [1.29, 1.82) is 0 Å². The van der Waals surface area contributed by atoms with E-state index in [0.717, 1.165) is 0 Å². The maximum Gasteiger partial charge on any atom is 0.247 e. The Morgan fingerprint density at radius 3 is 2.50 bits per heavy atom. The van der Waals surface area contributed by atoms with Crippen molar-refractivity contribution in [2.24, 2.45) is 4.99 Å². The number of aliphatic imine (C=N–C) groups is 1. The highest BCUT2D eigenvalue weighted by Gasteiger charge is 2.27. The first-order valence-corrected chi connectivity index (χ1v) is 4.70. The summed E-state index contributed by atoms with van der Waals surface area (Å²) in [6, 6.07) is 0. The highest BCUT2D eigenvalue weighted by atomic mass is 79.9. The molecule has 0 bridgehead atoms. The lowest BCUT2D eigenvalue weighted by Gasteiger charge is -1.93. The fourth-order valence-electron chi connectivity index (χ4n) is 0.551. The van der Waals surface area contributed by atoms with Crippen molar-refractivity contribution in [3.05, 3.63) is 10.0 Å². The van der Waals surface area contributed by atoms with Gasteiger partial charge >= 0.3 is 0 Å².